The topological polar surface area (TPSA) is 37.4 Å². The minimum absolute atomic E-state index is 0.162. The summed E-state index contributed by atoms with van der Waals surface area (Å²) < 4.78 is 0. The first kappa shape index (κ1) is 11.0. The van der Waals surface area contributed by atoms with Crippen molar-refractivity contribution in [3.63, 3.8) is 0 Å². The van der Waals surface area contributed by atoms with E-state index in [2.05, 4.69) is 6.92 Å². The lowest BCUT2D eigenvalue weighted by molar-refractivity contribution is -0.136. The fourth-order valence-electron chi connectivity index (χ4n) is 1.52. The van der Waals surface area contributed by atoms with E-state index in [1.54, 1.807) is 0 Å². The van der Waals surface area contributed by atoms with E-state index < -0.39 is 0 Å². The van der Waals surface area contributed by atoms with Crippen LogP contribution in [0.3, 0.4) is 0 Å². The van der Waals surface area contributed by atoms with Gasteiger partial charge in [0.15, 0.2) is 0 Å². The zero-order valence-electron chi connectivity index (χ0n) is 8.66. The van der Waals surface area contributed by atoms with Crippen molar-refractivity contribution >= 4 is 11.8 Å². The molecule has 0 radical (unpaired) electrons. The molecule has 78 valence electrons. The minimum atomic E-state index is -0.162. The third-order valence-corrected chi connectivity index (χ3v) is 2.39. The standard InChI is InChI=1S/C11H17NO2/c1-2-3-4-5-6-9-12-10(13)7-8-11(12)14/h7-8H,2-6,9H2,1H3. The van der Waals surface area contributed by atoms with Crippen LogP contribution in [0.2, 0.25) is 0 Å². The molecule has 0 aliphatic carbocycles. The second-order valence-corrected chi connectivity index (χ2v) is 3.58. The van der Waals surface area contributed by atoms with E-state index in [1.807, 2.05) is 0 Å². The van der Waals surface area contributed by atoms with E-state index in [9.17, 15) is 9.59 Å². The summed E-state index contributed by atoms with van der Waals surface area (Å²) in [6.45, 7) is 2.74. The van der Waals surface area contributed by atoms with Gasteiger partial charge < -0.3 is 0 Å². The smallest absolute Gasteiger partial charge is 0.253 e. The highest BCUT2D eigenvalue weighted by atomic mass is 16.2. The molecule has 0 aromatic carbocycles. The van der Waals surface area contributed by atoms with E-state index in [4.69, 9.17) is 0 Å². The fourth-order valence-corrected chi connectivity index (χ4v) is 1.52. The highest BCUT2D eigenvalue weighted by Crippen LogP contribution is 2.08. The molecule has 1 heterocycles. The number of imide groups is 1. The number of carbonyl (C=O) groups is 2. The molecule has 0 saturated carbocycles. The lowest BCUT2D eigenvalue weighted by Crippen LogP contribution is -2.30. The SMILES string of the molecule is CCCCCCCN1C(=O)C=CC1=O. The predicted molar refractivity (Wildman–Crippen MR) is 54.6 cm³/mol. The van der Waals surface area contributed by atoms with Crippen LogP contribution < -0.4 is 0 Å². The van der Waals surface area contributed by atoms with Crippen molar-refractivity contribution < 1.29 is 9.59 Å². The van der Waals surface area contributed by atoms with Gasteiger partial charge in [-0.25, -0.2) is 0 Å². The van der Waals surface area contributed by atoms with Gasteiger partial charge in [0.1, 0.15) is 0 Å². The molecule has 0 aromatic heterocycles. The van der Waals surface area contributed by atoms with Gasteiger partial charge in [0.2, 0.25) is 0 Å². The Kier molecular flexibility index (Phi) is 4.36. The third kappa shape index (κ3) is 2.98. The van der Waals surface area contributed by atoms with Crippen molar-refractivity contribution in [1.29, 1.82) is 0 Å². The maximum Gasteiger partial charge on any atom is 0.253 e. The lowest BCUT2D eigenvalue weighted by atomic mass is 10.1. The molecule has 0 bridgehead atoms. The van der Waals surface area contributed by atoms with Crippen molar-refractivity contribution in [3.05, 3.63) is 12.2 Å². The Bertz CT molecular complexity index is 228. The molecule has 0 fully saturated rings. The molecule has 0 N–H and O–H groups in total. The van der Waals surface area contributed by atoms with Gasteiger partial charge in [0, 0.05) is 18.7 Å². The van der Waals surface area contributed by atoms with Crippen LogP contribution >= 0.6 is 0 Å². The summed E-state index contributed by atoms with van der Waals surface area (Å²) in [5.41, 5.74) is 0. The summed E-state index contributed by atoms with van der Waals surface area (Å²) in [6, 6.07) is 0. The van der Waals surface area contributed by atoms with Crippen molar-refractivity contribution in [2.75, 3.05) is 6.54 Å². The first-order valence-corrected chi connectivity index (χ1v) is 5.29. The van der Waals surface area contributed by atoms with Crippen LogP contribution in [-0.4, -0.2) is 23.3 Å². The Balaban J connectivity index is 2.13. The Labute approximate surface area is 84.8 Å². The van der Waals surface area contributed by atoms with Crippen LogP contribution in [-0.2, 0) is 9.59 Å². The molecule has 3 heteroatoms. The molecule has 0 saturated heterocycles. The molecule has 1 rings (SSSR count). The van der Waals surface area contributed by atoms with Crippen molar-refractivity contribution in [3.8, 4) is 0 Å². The summed E-state index contributed by atoms with van der Waals surface area (Å²) in [6.07, 6.45) is 8.36. The van der Waals surface area contributed by atoms with Gasteiger partial charge in [-0.15, -0.1) is 0 Å². The van der Waals surface area contributed by atoms with Crippen molar-refractivity contribution in [2.24, 2.45) is 0 Å². The Morgan fingerprint density at radius 2 is 1.57 bits per heavy atom. The van der Waals surface area contributed by atoms with Gasteiger partial charge in [-0.05, 0) is 6.42 Å². The monoisotopic (exact) mass is 195 g/mol. The molecule has 0 aromatic rings. The quantitative estimate of drug-likeness (QED) is 0.479. The normalized spacial score (nSPS) is 15.6. The van der Waals surface area contributed by atoms with Gasteiger partial charge in [-0.3, -0.25) is 14.5 Å². The number of nitrogens with zero attached hydrogens (tertiary/aromatic N) is 1. The van der Waals surface area contributed by atoms with Crippen LogP contribution in [0.25, 0.3) is 0 Å². The molecule has 0 unspecified atom stereocenters. The largest absolute Gasteiger partial charge is 0.275 e. The predicted octanol–water partition coefficient (Wildman–Crippen LogP) is 1.88. The molecule has 1 aliphatic heterocycles. The second kappa shape index (κ2) is 5.58. The zero-order valence-corrected chi connectivity index (χ0v) is 8.66. The van der Waals surface area contributed by atoms with Gasteiger partial charge in [-0.2, -0.15) is 0 Å². The summed E-state index contributed by atoms with van der Waals surface area (Å²) >= 11 is 0. The Morgan fingerprint density at radius 1 is 1.00 bits per heavy atom. The van der Waals surface area contributed by atoms with Crippen molar-refractivity contribution in [2.45, 2.75) is 39.0 Å². The summed E-state index contributed by atoms with van der Waals surface area (Å²) in [4.78, 5) is 23.6. The van der Waals surface area contributed by atoms with E-state index in [1.165, 1.54) is 36.3 Å². The molecule has 14 heavy (non-hydrogen) atoms. The Morgan fingerprint density at radius 3 is 2.14 bits per heavy atom. The van der Waals surface area contributed by atoms with E-state index in [0.29, 0.717) is 6.54 Å². The van der Waals surface area contributed by atoms with Crippen LogP contribution in [0.5, 0.6) is 0 Å². The second-order valence-electron chi connectivity index (χ2n) is 3.58. The molecule has 0 atom stereocenters. The van der Waals surface area contributed by atoms with Gasteiger partial charge in [0.05, 0.1) is 0 Å². The summed E-state index contributed by atoms with van der Waals surface area (Å²) in [5, 5.41) is 0. The zero-order chi connectivity index (χ0) is 10.4. The lowest BCUT2D eigenvalue weighted by Gasteiger charge is -2.12. The van der Waals surface area contributed by atoms with Crippen molar-refractivity contribution in [1.82, 2.24) is 4.90 Å². The number of hydrogen-bond acceptors (Lipinski definition) is 2. The van der Waals surface area contributed by atoms with Crippen LogP contribution in [0.1, 0.15) is 39.0 Å². The number of carbonyl (C=O) groups excluding carboxylic acids is 2. The highest BCUT2D eigenvalue weighted by Gasteiger charge is 2.21. The van der Waals surface area contributed by atoms with E-state index >= 15 is 0 Å². The molecule has 1 aliphatic rings. The molecule has 0 spiro atoms. The van der Waals surface area contributed by atoms with E-state index in [0.717, 1.165) is 12.8 Å². The average Bonchev–Trinajstić information content (AvgIpc) is 2.48. The highest BCUT2D eigenvalue weighted by molar-refractivity contribution is 6.12. The first-order chi connectivity index (χ1) is 6.75. The number of hydrogen-bond donors (Lipinski definition) is 0. The number of amides is 2. The average molecular weight is 195 g/mol. The molecule has 3 nitrogen and oxygen atoms in total. The first-order valence-electron chi connectivity index (χ1n) is 5.29. The minimum Gasteiger partial charge on any atom is -0.275 e. The molecule has 2 amide bonds. The van der Waals surface area contributed by atoms with Crippen LogP contribution in [0.15, 0.2) is 12.2 Å². The van der Waals surface area contributed by atoms with Gasteiger partial charge in [0.25, 0.3) is 11.8 Å². The molecular formula is C11H17NO2. The van der Waals surface area contributed by atoms with Crippen LogP contribution in [0.4, 0.5) is 0 Å². The molecular weight excluding hydrogens is 178 g/mol. The van der Waals surface area contributed by atoms with E-state index in [-0.39, 0.29) is 11.8 Å². The Hall–Kier alpha value is -1.12. The van der Waals surface area contributed by atoms with Crippen LogP contribution in [0, 0.1) is 0 Å². The summed E-state index contributed by atoms with van der Waals surface area (Å²) in [5.74, 6) is -0.323. The number of unbranched alkanes of at least 4 members (excludes halogenated alkanes) is 4. The maximum absolute atomic E-state index is 11.1. The fraction of sp³-hybridized carbons (Fsp3) is 0.636. The summed E-state index contributed by atoms with van der Waals surface area (Å²) in [7, 11) is 0. The maximum atomic E-state index is 11.1. The number of rotatable bonds is 6. The third-order valence-electron chi connectivity index (χ3n) is 2.39. The van der Waals surface area contributed by atoms with Gasteiger partial charge >= 0.3 is 0 Å². The van der Waals surface area contributed by atoms with Gasteiger partial charge in [-0.1, -0.05) is 32.6 Å².